The molecule has 36 heavy (non-hydrogen) atoms. The van der Waals surface area contributed by atoms with Crippen molar-refractivity contribution in [3.8, 4) is 28.3 Å². The lowest BCUT2D eigenvalue weighted by molar-refractivity contribution is -0.138. The van der Waals surface area contributed by atoms with Crippen LogP contribution < -0.4 is 10.1 Å². The van der Waals surface area contributed by atoms with E-state index in [0.717, 1.165) is 29.8 Å². The number of carboxylic acids is 1. The van der Waals surface area contributed by atoms with Gasteiger partial charge < -0.3 is 15.2 Å². The molecule has 4 aromatic rings. The van der Waals surface area contributed by atoms with Gasteiger partial charge in [-0.2, -0.15) is 0 Å². The zero-order valence-corrected chi connectivity index (χ0v) is 19.8. The Labute approximate surface area is 208 Å². The first-order chi connectivity index (χ1) is 17.6. The summed E-state index contributed by atoms with van der Waals surface area (Å²) in [5, 5.41) is 12.7. The zero-order chi connectivity index (χ0) is 24.6. The molecule has 2 aliphatic rings. The third kappa shape index (κ3) is 4.15. The largest absolute Gasteiger partial charge is 0.481 e. The van der Waals surface area contributed by atoms with Crippen LogP contribution in [0.15, 0.2) is 67.3 Å². The van der Waals surface area contributed by atoms with Crippen molar-refractivity contribution in [3.63, 3.8) is 0 Å². The maximum Gasteiger partial charge on any atom is 0.307 e. The van der Waals surface area contributed by atoms with Gasteiger partial charge in [-0.25, -0.2) is 15.0 Å². The number of nitrogens with one attached hydrogen (secondary N) is 1. The van der Waals surface area contributed by atoms with Crippen molar-refractivity contribution in [2.45, 2.75) is 31.2 Å². The van der Waals surface area contributed by atoms with Crippen LogP contribution in [0.5, 0.6) is 5.88 Å². The first-order valence-electron chi connectivity index (χ1n) is 12.0. The van der Waals surface area contributed by atoms with E-state index in [1.54, 1.807) is 31.9 Å². The standard InChI is InChI=1S/C28H25N5O3/c1-36-27-15-30-24(12-32-27)17-7-5-16(6-8-17)18-3-2-4-20-19(18)9-10-23(20)33-26-14-29-25(13-31-26)21-11-22(21)28(34)35/h2-8,12-15,21-23H,9-11H2,1H3,(H,31,33)(H,34,35)/t21?,22-,23-/m1/s1. The molecule has 8 nitrogen and oxygen atoms in total. The Hall–Kier alpha value is -4.33. The molecule has 0 saturated heterocycles. The van der Waals surface area contributed by atoms with Crippen LogP contribution in [0.1, 0.15) is 41.6 Å². The molecule has 0 bridgehead atoms. The van der Waals surface area contributed by atoms with Crippen molar-refractivity contribution >= 4 is 11.8 Å². The number of hydrogen-bond donors (Lipinski definition) is 2. The number of anilines is 1. The van der Waals surface area contributed by atoms with Crippen molar-refractivity contribution in [2.75, 3.05) is 12.4 Å². The molecule has 0 spiro atoms. The number of carboxylic acid groups (broad SMARTS) is 1. The van der Waals surface area contributed by atoms with Gasteiger partial charge in [0.15, 0.2) is 0 Å². The summed E-state index contributed by atoms with van der Waals surface area (Å²) in [7, 11) is 1.58. The molecular formula is C28H25N5O3. The van der Waals surface area contributed by atoms with E-state index in [9.17, 15) is 4.79 Å². The highest BCUT2D eigenvalue weighted by Gasteiger charge is 2.45. The third-order valence-corrected chi connectivity index (χ3v) is 7.08. The minimum absolute atomic E-state index is 0.0121. The average molecular weight is 480 g/mol. The second kappa shape index (κ2) is 9.03. The zero-order valence-electron chi connectivity index (χ0n) is 19.8. The van der Waals surface area contributed by atoms with E-state index < -0.39 is 5.97 Å². The number of fused-ring (bicyclic) bond motifs is 1. The Morgan fingerprint density at radius 1 is 0.972 bits per heavy atom. The summed E-state index contributed by atoms with van der Waals surface area (Å²) in [6.07, 6.45) is 9.35. The van der Waals surface area contributed by atoms with Crippen LogP contribution in [0.25, 0.3) is 22.4 Å². The van der Waals surface area contributed by atoms with Gasteiger partial charge in [-0.15, -0.1) is 0 Å². The molecular weight excluding hydrogens is 454 g/mol. The predicted octanol–water partition coefficient (Wildman–Crippen LogP) is 4.90. The highest BCUT2D eigenvalue weighted by atomic mass is 16.5. The molecule has 2 N–H and O–H groups in total. The van der Waals surface area contributed by atoms with Gasteiger partial charge in [0, 0.05) is 11.5 Å². The lowest BCUT2D eigenvalue weighted by atomic mass is 9.95. The molecule has 6 rings (SSSR count). The topological polar surface area (TPSA) is 110 Å². The van der Waals surface area contributed by atoms with Gasteiger partial charge in [0.1, 0.15) is 5.82 Å². The number of benzene rings is 2. The quantitative estimate of drug-likeness (QED) is 0.385. The van der Waals surface area contributed by atoms with Gasteiger partial charge in [-0.3, -0.25) is 9.78 Å². The van der Waals surface area contributed by atoms with Crippen molar-refractivity contribution in [2.24, 2.45) is 5.92 Å². The van der Waals surface area contributed by atoms with E-state index in [1.807, 2.05) is 0 Å². The first-order valence-corrected chi connectivity index (χ1v) is 12.0. The van der Waals surface area contributed by atoms with Crippen molar-refractivity contribution in [1.82, 2.24) is 19.9 Å². The van der Waals surface area contributed by atoms with Crippen molar-refractivity contribution < 1.29 is 14.6 Å². The Bertz CT molecular complexity index is 1410. The molecule has 1 fully saturated rings. The van der Waals surface area contributed by atoms with Gasteiger partial charge in [-0.05, 0) is 41.5 Å². The molecule has 8 heteroatoms. The summed E-state index contributed by atoms with van der Waals surface area (Å²) < 4.78 is 5.09. The SMILES string of the molecule is COc1cnc(-c2ccc(-c3cccc4c3CC[C@H]4Nc3cnc(C4C[C@H]4C(=O)O)cn3)cc2)cn1. The van der Waals surface area contributed by atoms with Gasteiger partial charge in [0.2, 0.25) is 5.88 Å². The normalized spacial score (nSPS) is 20.0. The van der Waals surface area contributed by atoms with E-state index in [1.165, 1.54) is 22.3 Å². The number of nitrogens with zero attached hydrogens (tertiary/aromatic N) is 4. The second-order valence-corrected chi connectivity index (χ2v) is 9.24. The molecule has 1 unspecified atom stereocenters. The summed E-state index contributed by atoms with van der Waals surface area (Å²) in [5.74, 6) is 0.111. The summed E-state index contributed by atoms with van der Waals surface area (Å²) in [5.41, 5.74) is 7.58. The Balaban J connectivity index is 1.18. The van der Waals surface area contributed by atoms with E-state index in [2.05, 4.69) is 67.7 Å². The molecule has 3 atom stereocenters. The molecule has 0 aliphatic heterocycles. The number of aromatic nitrogens is 4. The fourth-order valence-corrected chi connectivity index (χ4v) is 5.04. The van der Waals surface area contributed by atoms with Crippen LogP contribution in [0.4, 0.5) is 5.82 Å². The summed E-state index contributed by atoms with van der Waals surface area (Å²) >= 11 is 0. The van der Waals surface area contributed by atoms with Crippen LogP contribution in [0.2, 0.25) is 0 Å². The minimum Gasteiger partial charge on any atom is -0.481 e. The van der Waals surface area contributed by atoms with Crippen LogP contribution in [0, 0.1) is 5.92 Å². The predicted molar refractivity (Wildman–Crippen MR) is 135 cm³/mol. The first kappa shape index (κ1) is 22.2. The molecule has 180 valence electrons. The molecule has 2 heterocycles. The molecule has 1 saturated carbocycles. The molecule has 2 aromatic heterocycles. The van der Waals surface area contributed by atoms with Crippen molar-refractivity contribution in [1.29, 1.82) is 0 Å². The van der Waals surface area contributed by atoms with Crippen LogP contribution in [0.3, 0.4) is 0 Å². The van der Waals surface area contributed by atoms with Crippen LogP contribution in [-0.2, 0) is 11.2 Å². The third-order valence-electron chi connectivity index (χ3n) is 7.08. The van der Waals surface area contributed by atoms with E-state index in [0.29, 0.717) is 18.1 Å². The Morgan fingerprint density at radius 2 is 1.81 bits per heavy atom. The highest BCUT2D eigenvalue weighted by molar-refractivity contribution is 5.75. The van der Waals surface area contributed by atoms with E-state index >= 15 is 0 Å². The fourth-order valence-electron chi connectivity index (χ4n) is 5.04. The lowest BCUT2D eigenvalue weighted by Gasteiger charge is -2.16. The number of aliphatic carboxylic acids is 1. The van der Waals surface area contributed by atoms with Crippen LogP contribution in [-0.4, -0.2) is 38.1 Å². The number of ether oxygens (including phenoxy) is 1. The maximum absolute atomic E-state index is 11.1. The number of carbonyl (C=O) groups is 1. The number of hydrogen-bond acceptors (Lipinski definition) is 7. The lowest BCUT2D eigenvalue weighted by Crippen LogP contribution is -2.09. The summed E-state index contributed by atoms with van der Waals surface area (Å²) in [6, 6.07) is 15.0. The Kier molecular flexibility index (Phi) is 5.56. The average Bonchev–Trinajstić information content (AvgIpc) is 3.64. The molecule has 2 aliphatic carbocycles. The van der Waals surface area contributed by atoms with Gasteiger partial charge >= 0.3 is 5.97 Å². The number of methoxy groups -OCH3 is 1. The monoisotopic (exact) mass is 479 g/mol. The van der Waals surface area contributed by atoms with Gasteiger partial charge in [0.05, 0.1) is 55.2 Å². The van der Waals surface area contributed by atoms with Crippen LogP contribution >= 0.6 is 0 Å². The minimum atomic E-state index is -0.758. The molecule has 0 amide bonds. The van der Waals surface area contributed by atoms with Crippen molar-refractivity contribution in [3.05, 3.63) is 84.1 Å². The van der Waals surface area contributed by atoms with E-state index in [-0.39, 0.29) is 17.9 Å². The maximum atomic E-state index is 11.1. The smallest absolute Gasteiger partial charge is 0.307 e. The Morgan fingerprint density at radius 3 is 2.47 bits per heavy atom. The van der Waals surface area contributed by atoms with Gasteiger partial charge in [-0.1, -0.05) is 42.5 Å². The fraction of sp³-hybridized carbons (Fsp3) is 0.250. The highest BCUT2D eigenvalue weighted by Crippen LogP contribution is 2.46. The summed E-state index contributed by atoms with van der Waals surface area (Å²) in [6.45, 7) is 0. The molecule has 2 aromatic carbocycles. The van der Waals surface area contributed by atoms with E-state index in [4.69, 9.17) is 9.84 Å². The summed E-state index contributed by atoms with van der Waals surface area (Å²) in [4.78, 5) is 28.8. The molecule has 0 radical (unpaired) electrons. The number of rotatable bonds is 7. The van der Waals surface area contributed by atoms with Gasteiger partial charge in [0.25, 0.3) is 0 Å². The second-order valence-electron chi connectivity index (χ2n) is 9.24.